The van der Waals surface area contributed by atoms with E-state index in [0.29, 0.717) is 45.8 Å². The van der Waals surface area contributed by atoms with Crippen LogP contribution >= 0.6 is 23.2 Å². The molecule has 0 fully saturated rings. The molecule has 6 N–H and O–H groups in total. The standard InChI is InChI=1S/C12H13Cl2N5/c13-6-1-2-7(8(14)5-6)10-12(17)18-9(3-4-15)11(16)19-10/h1-2,5H,3-4,15H2,(H2,16,19)(H2,17,18). The Hall–Kier alpha value is -1.56. The minimum Gasteiger partial charge on any atom is -0.382 e. The molecule has 19 heavy (non-hydrogen) atoms. The molecule has 0 amide bonds. The van der Waals surface area contributed by atoms with Gasteiger partial charge in [-0.15, -0.1) is 0 Å². The van der Waals surface area contributed by atoms with Crippen LogP contribution in [0.1, 0.15) is 5.69 Å². The summed E-state index contributed by atoms with van der Waals surface area (Å²) in [5, 5.41) is 0.979. The van der Waals surface area contributed by atoms with Gasteiger partial charge in [0.15, 0.2) is 5.82 Å². The molecule has 0 aliphatic carbocycles. The molecule has 0 aliphatic rings. The Bertz CT molecular complexity index is 615. The third-order valence-corrected chi connectivity index (χ3v) is 3.14. The highest BCUT2D eigenvalue weighted by molar-refractivity contribution is 6.36. The molecule has 0 spiro atoms. The maximum absolute atomic E-state index is 6.12. The average molecular weight is 298 g/mol. The van der Waals surface area contributed by atoms with E-state index in [1.54, 1.807) is 18.2 Å². The summed E-state index contributed by atoms with van der Waals surface area (Å²) in [6.07, 6.45) is 0.525. The van der Waals surface area contributed by atoms with Gasteiger partial charge >= 0.3 is 0 Å². The fourth-order valence-electron chi connectivity index (χ4n) is 1.70. The Morgan fingerprint density at radius 1 is 1.05 bits per heavy atom. The summed E-state index contributed by atoms with van der Waals surface area (Å²) in [4.78, 5) is 8.48. The Morgan fingerprint density at radius 3 is 2.42 bits per heavy atom. The van der Waals surface area contributed by atoms with E-state index in [-0.39, 0.29) is 5.82 Å². The predicted octanol–water partition coefficient (Wildman–Crippen LogP) is 2.12. The van der Waals surface area contributed by atoms with Crippen molar-refractivity contribution in [1.82, 2.24) is 9.97 Å². The molecular formula is C12H13Cl2N5. The summed E-state index contributed by atoms with van der Waals surface area (Å²) in [6.45, 7) is 0.430. The monoisotopic (exact) mass is 297 g/mol. The number of nitrogens with zero attached hydrogens (tertiary/aromatic N) is 2. The summed E-state index contributed by atoms with van der Waals surface area (Å²) in [7, 11) is 0. The van der Waals surface area contributed by atoms with E-state index in [0.717, 1.165) is 0 Å². The molecule has 7 heteroatoms. The molecule has 0 saturated heterocycles. The van der Waals surface area contributed by atoms with Gasteiger partial charge in [0.1, 0.15) is 11.5 Å². The first-order chi connectivity index (χ1) is 9.02. The number of anilines is 2. The van der Waals surface area contributed by atoms with Crippen LogP contribution in [-0.4, -0.2) is 16.5 Å². The quantitative estimate of drug-likeness (QED) is 0.805. The molecule has 0 saturated carbocycles. The second kappa shape index (κ2) is 5.61. The minimum absolute atomic E-state index is 0.266. The van der Waals surface area contributed by atoms with Crippen molar-refractivity contribution >= 4 is 34.8 Å². The van der Waals surface area contributed by atoms with Gasteiger partial charge in [0.25, 0.3) is 0 Å². The van der Waals surface area contributed by atoms with Crippen LogP contribution in [0.5, 0.6) is 0 Å². The highest BCUT2D eigenvalue weighted by Gasteiger charge is 2.13. The molecule has 1 heterocycles. The van der Waals surface area contributed by atoms with Crippen LogP contribution < -0.4 is 17.2 Å². The van der Waals surface area contributed by atoms with Crippen molar-refractivity contribution in [2.24, 2.45) is 5.73 Å². The van der Waals surface area contributed by atoms with Crippen molar-refractivity contribution in [3.05, 3.63) is 33.9 Å². The van der Waals surface area contributed by atoms with Crippen LogP contribution in [0.4, 0.5) is 11.6 Å². The molecule has 2 rings (SSSR count). The van der Waals surface area contributed by atoms with Crippen molar-refractivity contribution in [1.29, 1.82) is 0 Å². The number of nitrogen functional groups attached to an aromatic ring is 2. The highest BCUT2D eigenvalue weighted by atomic mass is 35.5. The number of hydrogen-bond acceptors (Lipinski definition) is 5. The van der Waals surface area contributed by atoms with Gasteiger partial charge < -0.3 is 17.2 Å². The molecule has 0 aliphatic heterocycles. The normalized spacial score (nSPS) is 10.7. The Kier molecular flexibility index (Phi) is 4.09. The lowest BCUT2D eigenvalue weighted by atomic mass is 10.1. The van der Waals surface area contributed by atoms with Crippen LogP contribution in [0.25, 0.3) is 11.3 Å². The molecule has 0 radical (unpaired) electrons. The predicted molar refractivity (Wildman–Crippen MR) is 79.1 cm³/mol. The second-order valence-electron chi connectivity index (χ2n) is 3.95. The van der Waals surface area contributed by atoms with Crippen LogP contribution in [0.2, 0.25) is 10.0 Å². The van der Waals surface area contributed by atoms with Gasteiger partial charge in [-0.25, -0.2) is 9.97 Å². The molecule has 2 aromatic rings. The third kappa shape index (κ3) is 2.89. The summed E-state index contributed by atoms with van der Waals surface area (Å²) in [5.41, 5.74) is 18.9. The van der Waals surface area contributed by atoms with E-state index >= 15 is 0 Å². The number of benzene rings is 1. The van der Waals surface area contributed by atoms with Crippen LogP contribution in [0.3, 0.4) is 0 Å². The molecule has 1 aromatic carbocycles. The van der Waals surface area contributed by atoms with E-state index in [1.807, 2.05) is 0 Å². The first-order valence-corrected chi connectivity index (χ1v) is 6.36. The first kappa shape index (κ1) is 13.9. The van der Waals surface area contributed by atoms with Crippen molar-refractivity contribution in [3.8, 4) is 11.3 Å². The number of halogens is 2. The van der Waals surface area contributed by atoms with E-state index in [1.165, 1.54) is 0 Å². The lowest BCUT2D eigenvalue weighted by Gasteiger charge is -2.10. The summed E-state index contributed by atoms with van der Waals surface area (Å²) in [5.74, 6) is 0.572. The Labute approximate surface area is 120 Å². The SMILES string of the molecule is NCCc1nc(N)c(-c2ccc(Cl)cc2Cl)nc1N. The van der Waals surface area contributed by atoms with E-state index in [9.17, 15) is 0 Å². The van der Waals surface area contributed by atoms with Gasteiger partial charge in [0.05, 0.1) is 10.7 Å². The van der Waals surface area contributed by atoms with Crippen LogP contribution in [-0.2, 0) is 6.42 Å². The van der Waals surface area contributed by atoms with E-state index < -0.39 is 0 Å². The zero-order valence-corrected chi connectivity index (χ0v) is 11.5. The van der Waals surface area contributed by atoms with Gasteiger partial charge in [-0.2, -0.15) is 0 Å². The minimum atomic E-state index is 0.266. The zero-order valence-electron chi connectivity index (χ0n) is 10.0. The molecular weight excluding hydrogens is 285 g/mol. The number of rotatable bonds is 3. The van der Waals surface area contributed by atoms with Crippen molar-refractivity contribution in [2.45, 2.75) is 6.42 Å². The molecule has 5 nitrogen and oxygen atoms in total. The van der Waals surface area contributed by atoms with Gasteiger partial charge in [-0.05, 0) is 24.7 Å². The van der Waals surface area contributed by atoms with E-state index in [2.05, 4.69) is 9.97 Å². The fraction of sp³-hybridized carbons (Fsp3) is 0.167. The number of nitrogens with two attached hydrogens (primary N) is 3. The zero-order chi connectivity index (χ0) is 14.0. The maximum atomic E-state index is 6.12. The Balaban J connectivity index is 2.53. The average Bonchev–Trinajstić information content (AvgIpc) is 2.34. The van der Waals surface area contributed by atoms with E-state index in [4.69, 9.17) is 40.4 Å². The van der Waals surface area contributed by atoms with Crippen LogP contribution in [0, 0.1) is 0 Å². The smallest absolute Gasteiger partial charge is 0.150 e. The molecule has 1 aromatic heterocycles. The largest absolute Gasteiger partial charge is 0.382 e. The summed E-state index contributed by atoms with van der Waals surface area (Å²) >= 11 is 12.0. The maximum Gasteiger partial charge on any atom is 0.150 e. The van der Waals surface area contributed by atoms with Gasteiger partial charge in [0.2, 0.25) is 0 Å². The fourth-order valence-corrected chi connectivity index (χ4v) is 2.20. The number of hydrogen-bond donors (Lipinski definition) is 3. The third-order valence-electron chi connectivity index (χ3n) is 2.59. The second-order valence-corrected chi connectivity index (χ2v) is 4.80. The lowest BCUT2D eigenvalue weighted by Crippen LogP contribution is -2.11. The van der Waals surface area contributed by atoms with Crippen molar-refractivity contribution < 1.29 is 0 Å². The molecule has 0 unspecified atom stereocenters. The lowest BCUT2D eigenvalue weighted by molar-refractivity contribution is 0.918. The first-order valence-electron chi connectivity index (χ1n) is 5.60. The van der Waals surface area contributed by atoms with Crippen LogP contribution in [0.15, 0.2) is 18.2 Å². The topological polar surface area (TPSA) is 104 Å². The van der Waals surface area contributed by atoms with Crippen molar-refractivity contribution in [2.75, 3.05) is 18.0 Å². The Morgan fingerprint density at radius 2 is 1.79 bits per heavy atom. The molecule has 100 valence electrons. The highest BCUT2D eigenvalue weighted by Crippen LogP contribution is 2.32. The summed E-state index contributed by atoms with van der Waals surface area (Å²) in [6, 6.07) is 5.05. The van der Waals surface area contributed by atoms with Gasteiger partial charge in [0, 0.05) is 17.0 Å². The molecule has 0 atom stereocenters. The number of aromatic nitrogens is 2. The van der Waals surface area contributed by atoms with Gasteiger partial charge in [-0.3, -0.25) is 0 Å². The summed E-state index contributed by atoms with van der Waals surface area (Å²) < 4.78 is 0. The molecule has 0 bridgehead atoms. The van der Waals surface area contributed by atoms with Crippen molar-refractivity contribution in [3.63, 3.8) is 0 Å². The van der Waals surface area contributed by atoms with Gasteiger partial charge in [-0.1, -0.05) is 23.2 Å².